The van der Waals surface area contributed by atoms with Crippen LogP contribution in [0.15, 0.2) is 285 Å². The van der Waals surface area contributed by atoms with Gasteiger partial charge in [0, 0.05) is 45.0 Å². The highest BCUT2D eigenvalue weighted by molar-refractivity contribution is 7.00. The number of para-hydroxylation sites is 2. The van der Waals surface area contributed by atoms with Crippen LogP contribution >= 0.6 is 0 Å². The molecule has 0 N–H and O–H groups in total. The SMILES string of the molecule is CC(C)c1ccc(-c2cc3c4c(c2)N(c2c(-c5ccccc5)cccc2-c2ccccc2)c2ccc(-c5ccccc5)cc2B4c2cc(-c4ccccc4)ccc2N3c2c(-c3ccccc3)cccc2-c2ccccc2)c(C(C)C)c1. The molecular formula is C78H61BN2. The summed E-state index contributed by atoms with van der Waals surface area (Å²) in [6.07, 6.45) is 0. The molecule has 2 heterocycles. The lowest BCUT2D eigenvalue weighted by Crippen LogP contribution is -2.61. The second-order valence-corrected chi connectivity index (χ2v) is 22.3. The molecule has 12 aromatic rings. The monoisotopic (exact) mass is 1040 g/mol. The summed E-state index contributed by atoms with van der Waals surface area (Å²) < 4.78 is 0. The third kappa shape index (κ3) is 8.78. The third-order valence-electron chi connectivity index (χ3n) is 16.8. The van der Waals surface area contributed by atoms with Crippen molar-refractivity contribution in [2.75, 3.05) is 9.80 Å². The molecule has 0 saturated carbocycles. The molecule has 3 heteroatoms. The first kappa shape index (κ1) is 49.6. The van der Waals surface area contributed by atoms with Crippen LogP contribution in [0.2, 0.25) is 0 Å². The molecule has 0 aromatic heterocycles. The van der Waals surface area contributed by atoms with Gasteiger partial charge in [-0.05, 0) is 119 Å². The van der Waals surface area contributed by atoms with E-state index < -0.39 is 0 Å². The third-order valence-corrected chi connectivity index (χ3v) is 16.8. The average Bonchev–Trinajstić information content (AvgIpc) is 3.60. The van der Waals surface area contributed by atoms with Crippen molar-refractivity contribution in [1.29, 1.82) is 0 Å². The van der Waals surface area contributed by atoms with Crippen molar-refractivity contribution in [2.45, 2.75) is 39.5 Å². The highest BCUT2D eigenvalue weighted by Gasteiger charge is 2.45. The van der Waals surface area contributed by atoms with Crippen molar-refractivity contribution in [2.24, 2.45) is 0 Å². The van der Waals surface area contributed by atoms with Gasteiger partial charge in [0.25, 0.3) is 6.71 Å². The summed E-state index contributed by atoms with van der Waals surface area (Å²) in [5.41, 5.74) is 29.9. The first-order valence-electron chi connectivity index (χ1n) is 28.7. The summed E-state index contributed by atoms with van der Waals surface area (Å²) in [5.74, 6) is 0.659. The van der Waals surface area contributed by atoms with Crippen LogP contribution < -0.4 is 26.2 Å². The zero-order valence-corrected chi connectivity index (χ0v) is 46.3. The van der Waals surface area contributed by atoms with Crippen molar-refractivity contribution in [3.8, 4) is 77.9 Å². The lowest BCUT2D eigenvalue weighted by atomic mass is 9.33. The number of benzene rings is 12. The summed E-state index contributed by atoms with van der Waals surface area (Å²) in [7, 11) is 0. The Balaban J connectivity index is 1.19. The van der Waals surface area contributed by atoms with Crippen molar-refractivity contribution < 1.29 is 0 Å². The second kappa shape index (κ2) is 20.8. The molecule has 0 saturated heterocycles. The van der Waals surface area contributed by atoms with E-state index in [1.54, 1.807) is 0 Å². The maximum absolute atomic E-state index is 2.66. The molecule has 0 spiro atoms. The number of fused-ring (bicyclic) bond motifs is 4. The van der Waals surface area contributed by atoms with E-state index in [1.807, 2.05) is 0 Å². The van der Waals surface area contributed by atoms with Gasteiger partial charge in [0.1, 0.15) is 0 Å². The standard InChI is InChI=1S/C78H61BN2/c1-52(2)60-41-44-64(69(47-60)53(3)4)63-50-74-76-75(51-63)81(78-67(58-33-19-9-20-34-58)39-24-40-68(78)59-35-21-10-22-36-59)73-46-43-62(55-27-13-6-14-28-55)49-71(73)79(76)70-48-61(54-25-11-5-12-26-54)42-45-72(70)80(74)77-65(56-29-15-7-16-30-56)37-23-38-66(77)57-31-17-8-18-32-57/h5-53H,1-4H3. The smallest absolute Gasteiger partial charge is 0.252 e. The zero-order chi connectivity index (χ0) is 54.6. The molecule has 2 aliphatic heterocycles. The number of nitrogens with zero attached hydrogens (tertiary/aromatic N) is 2. The van der Waals surface area contributed by atoms with E-state index in [0.29, 0.717) is 5.92 Å². The molecular weight excluding hydrogens is 976 g/mol. The van der Waals surface area contributed by atoms with Crippen LogP contribution in [0.25, 0.3) is 77.9 Å². The largest absolute Gasteiger partial charge is 0.310 e. The summed E-state index contributed by atoms with van der Waals surface area (Å²) in [6, 6.07) is 107. The van der Waals surface area contributed by atoms with E-state index in [1.165, 1.54) is 60.9 Å². The number of anilines is 6. The van der Waals surface area contributed by atoms with Crippen LogP contribution in [0.1, 0.15) is 50.7 Å². The summed E-state index contributed by atoms with van der Waals surface area (Å²) in [5, 5.41) is 0. The number of hydrogen-bond acceptors (Lipinski definition) is 2. The van der Waals surface area contributed by atoms with E-state index in [4.69, 9.17) is 0 Å². The molecule has 0 radical (unpaired) electrons. The number of rotatable bonds is 11. The van der Waals surface area contributed by atoms with Gasteiger partial charge in [0.15, 0.2) is 0 Å². The molecule has 2 aliphatic rings. The molecule has 0 aliphatic carbocycles. The van der Waals surface area contributed by atoms with Gasteiger partial charge in [-0.25, -0.2) is 0 Å². The first-order valence-corrected chi connectivity index (χ1v) is 28.7. The van der Waals surface area contributed by atoms with Crippen molar-refractivity contribution >= 4 is 57.2 Å². The fourth-order valence-electron chi connectivity index (χ4n) is 12.9. The molecule has 12 aromatic carbocycles. The number of hydrogen-bond donors (Lipinski definition) is 0. The van der Waals surface area contributed by atoms with Crippen LogP contribution in [0.4, 0.5) is 34.1 Å². The van der Waals surface area contributed by atoms with Crippen LogP contribution in [0.5, 0.6) is 0 Å². The first-order chi connectivity index (χ1) is 39.9. The highest BCUT2D eigenvalue weighted by Crippen LogP contribution is 2.54. The Labute approximate surface area is 478 Å². The van der Waals surface area contributed by atoms with E-state index in [-0.39, 0.29) is 12.6 Å². The zero-order valence-electron chi connectivity index (χ0n) is 46.3. The Kier molecular flexibility index (Phi) is 12.8. The summed E-state index contributed by atoms with van der Waals surface area (Å²) in [6.45, 7) is 9.15. The highest BCUT2D eigenvalue weighted by atomic mass is 15.2. The lowest BCUT2D eigenvalue weighted by Gasteiger charge is -2.46. The van der Waals surface area contributed by atoms with Crippen LogP contribution in [-0.4, -0.2) is 6.71 Å². The topological polar surface area (TPSA) is 6.48 Å². The molecule has 386 valence electrons. The van der Waals surface area contributed by atoms with Crippen LogP contribution in [-0.2, 0) is 0 Å². The van der Waals surface area contributed by atoms with Gasteiger partial charge in [-0.2, -0.15) is 0 Å². The summed E-state index contributed by atoms with van der Waals surface area (Å²) in [4.78, 5) is 5.33. The lowest BCUT2D eigenvalue weighted by molar-refractivity contribution is 0.835. The Bertz CT molecular complexity index is 3910. The van der Waals surface area contributed by atoms with Crippen molar-refractivity contribution in [3.05, 3.63) is 296 Å². The Morgan fingerprint density at radius 3 is 0.963 bits per heavy atom. The Morgan fingerprint density at radius 2 is 0.617 bits per heavy atom. The Morgan fingerprint density at radius 1 is 0.259 bits per heavy atom. The molecule has 2 nitrogen and oxygen atoms in total. The van der Waals surface area contributed by atoms with Crippen LogP contribution in [0, 0.1) is 0 Å². The van der Waals surface area contributed by atoms with E-state index in [2.05, 4.69) is 323 Å². The molecule has 0 atom stereocenters. The second-order valence-electron chi connectivity index (χ2n) is 22.3. The maximum atomic E-state index is 2.66. The molecule has 81 heavy (non-hydrogen) atoms. The van der Waals surface area contributed by atoms with Gasteiger partial charge in [-0.1, -0.05) is 289 Å². The normalized spacial score (nSPS) is 12.3. The van der Waals surface area contributed by atoms with Gasteiger partial charge in [-0.3, -0.25) is 0 Å². The minimum Gasteiger partial charge on any atom is -0.310 e. The van der Waals surface area contributed by atoms with E-state index in [0.717, 1.165) is 78.6 Å². The minimum absolute atomic E-state index is 0.171. The van der Waals surface area contributed by atoms with Gasteiger partial charge >= 0.3 is 0 Å². The van der Waals surface area contributed by atoms with Gasteiger partial charge < -0.3 is 9.80 Å². The maximum Gasteiger partial charge on any atom is 0.252 e. The van der Waals surface area contributed by atoms with Crippen LogP contribution in [0.3, 0.4) is 0 Å². The molecule has 0 fully saturated rings. The Hall–Kier alpha value is -9.70. The predicted molar refractivity (Wildman–Crippen MR) is 347 cm³/mol. The minimum atomic E-state index is -0.171. The van der Waals surface area contributed by atoms with Crippen molar-refractivity contribution in [1.82, 2.24) is 0 Å². The molecule has 14 rings (SSSR count). The molecule has 0 amide bonds. The quantitative estimate of drug-likeness (QED) is 0.119. The summed E-state index contributed by atoms with van der Waals surface area (Å²) >= 11 is 0. The molecule has 0 unspecified atom stereocenters. The van der Waals surface area contributed by atoms with Crippen molar-refractivity contribution in [3.63, 3.8) is 0 Å². The fraction of sp³-hybridized carbons (Fsp3) is 0.0769. The van der Waals surface area contributed by atoms with E-state index in [9.17, 15) is 0 Å². The van der Waals surface area contributed by atoms with Gasteiger partial charge in [0.05, 0.1) is 11.4 Å². The van der Waals surface area contributed by atoms with Gasteiger partial charge in [0.2, 0.25) is 0 Å². The average molecular weight is 1040 g/mol. The van der Waals surface area contributed by atoms with Gasteiger partial charge in [-0.15, -0.1) is 0 Å². The molecule has 0 bridgehead atoms. The fourth-order valence-corrected chi connectivity index (χ4v) is 12.9. The predicted octanol–water partition coefficient (Wildman–Crippen LogP) is 19.7. The van der Waals surface area contributed by atoms with E-state index >= 15 is 0 Å².